The number of imidazole rings is 1. The van der Waals surface area contributed by atoms with Crippen molar-refractivity contribution in [1.82, 2.24) is 14.5 Å². The van der Waals surface area contributed by atoms with Gasteiger partial charge in [-0.3, -0.25) is 4.57 Å². The van der Waals surface area contributed by atoms with Crippen LogP contribution >= 0.6 is 11.3 Å². The second kappa shape index (κ2) is 7.64. The second-order valence-corrected chi connectivity index (χ2v) is 6.79. The predicted octanol–water partition coefficient (Wildman–Crippen LogP) is 3.77. The summed E-state index contributed by atoms with van der Waals surface area (Å²) < 4.78 is 44.6. The summed E-state index contributed by atoms with van der Waals surface area (Å²) in [4.78, 5) is 8.86. The molecule has 0 fully saturated rings. The van der Waals surface area contributed by atoms with Crippen molar-refractivity contribution in [1.29, 1.82) is 0 Å². The fraction of sp³-hybridized carbons (Fsp3) is 0.158. The van der Waals surface area contributed by atoms with E-state index in [1.165, 1.54) is 20.3 Å². The van der Waals surface area contributed by atoms with E-state index in [0.29, 0.717) is 33.2 Å². The van der Waals surface area contributed by atoms with Crippen molar-refractivity contribution in [2.24, 2.45) is 0 Å². The van der Waals surface area contributed by atoms with Gasteiger partial charge in [-0.25, -0.2) is 18.7 Å². The van der Waals surface area contributed by atoms with E-state index < -0.39 is 18.4 Å². The van der Waals surface area contributed by atoms with Gasteiger partial charge in [0.1, 0.15) is 12.0 Å². The van der Waals surface area contributed by atoms with Gasteiger partial charge in [0.05, 0.1) is 25.3 Å². The summed E-state index contributed by atoms with van der Waals surface area (Å²) in [5.41, 5.74) is 1.94. The first-order chi connectivity index (χ1) is 14.0. The molecule has 0 saturated heterocycles. The number of fused-ring (bicyclic) bond motifs is 1. The maximum atomic E-state index is 13.7. The van der Waals surface area contributed by atoms with Gasteiger partial charge in [-0.1, -0.05) is 11.3 Å². The number of aromatic nitrogens is 3. The maximum absolute atomic E-state index is 13.7. The number of hydrogen-bond acceptors (Lipinski definition) is 7. The lowest BCUT2D eigenvalue weighted by atomic mass is 10.1. The highest BCUT2D eigenvalue weighted by Gasteiger charge is 2.19. The SMILES string of the molecule is COc1cc2ncn(-c3nc(-c4ccc(F)c(F)c4)c(OCO)s3)c2cc1OC. The van der Waals surface area contributed by atoms with E-state index >= 15 is 0 Å². The monoisotopic (exact) mass is 419 g/mol. The van der Waals surface area contributed by atoms with Crippen LogP contribution in [0.15, 0.2) is 36.7 Å². The van der Waals surface area contributed by atoms with Gasteiger partial charge >= 0.3 is 0 Å². The largest absolute Gasteiger partial charge is 0.493 e. The highest BCUT2D eigenvalue weighted by molar-refractivity contribution is 7.16. The Labute approximate surface area is 167 Å². The van der Waals surface area contributed by atoms with Gasteiger partial charge in [-0.15, -0.1) is 0 Å². The van der Waals surface area contributed by atoms with E-state index in [0.717, 1.165) is 23.5 Å². The molecule has 4 rings (SSSR count). The van der Waals surface area contributed by atoms with Crippen molar-refractivity contribution >= 4 is 22.4 Å². The summed E-state index contributed by atoms with van der Waals surface area (Å²) in [7, 11) is 3.07. The molecule has 0 radical (unpaired) electrons. The van der Waals surface area contributed by atoms with Crippen LogP contribution in [0.5, 0.6) is 16.6 Å². The van der Waals surface area contributed by atoms with E-state index in [-0.39, 0.29) is 10.8 Å². The van der Waals surface area contributed by atoms with Gasteiger partial charge in [0.2, 0.25) is 5.06 Å². The van der Waals surface area contributed by atoms with Crippen molar-refractivity contribution in [2.45, 2.75) is 0 Å². The molecule has 29 heavy (non-hydrogen) atoms. The molecule has 1 N–H and O–H groups in total. The molecule has 4 aromatic rings. The van der Waals surface area contributed by atoms with Crippen molar-refractivity contribution in [3.8, 4) is 33.0 Å². The number of halogens is 2. The van der Waals surface area contributed by atoms with Crippen LogP contribution in [0.2, 0.25) is 0 Å². The van der Waals surface area contributed by atoms with Gasteiger partial charge in [0, 0.05) is 17.7 Å². The molecule has 0 saturated carbocycles. The van der Waals surface area contributed by atoms with Gasteiger partial charge in [-0.2, -0.15) is 0 Å². The van der Waals surface area contributed by atoms with Crippen molar-refractivity contribution < 1.29 is 28.1 Å². The first-order valence-corrected chi connectivity index (χ1v) is 9.16. The van der Waals surface area contributed by atoms with Crippen LogP contribution in [-0.2, 0) is 0 Å². The van der Waals surface area contributed by atoms with Gasteiger partial charge < -0.3 is 19.3 Å². The second-order valence-electron chi connectivity index (χ2n) is 5.85. The minimum absolute atomic E-state index is 0.260. The van der Waals surface area contributed by atoms with Crippen LogP contribution in [0.4, 0.5) is 8.78 Å². The molecule has 0 amide bonds. The topological polar surface area (TPSA) is 78.6 Å². The number of thiazole rings is 1. The molecule has 0 aliphatic carbocycles. The smallest absolute Gasteiger partial charge is 0.206 e. The van der Waals surface area contributed by atoms with Gasteiger partial charge in [0.15, 0.2) is 35.1 Å². The Kier molecular flexibility index (Phi) is 5.03. The Bertz CT molecular complexity index is 1190. The number of nitrogens with zero attached hydrogens (tertiary/aromatic N) is 3. The molecule has 7 nitrogen and oxygen atoms in total. The maximum Gasteiger partial charge on any atom is 0.206 e. The molecule has 0 aliphatic heterocycles. The fourth-order valence-electron chi connectivity index (χ4n) is 2.87. The number of rotatable bonds is 6. The van der Waals surface area contributed by atoms with Crippen molar-refractivity contribution in [2.75, 3.05) is 21.0 Å². The molecule has 2 heterocycles. The summed E-state index contributed by atoms with van der Waals surface area (Å²) in [5.74, 6) is -0.908. The summed E-state index contributed by atoms with van der Waals surface area (Å²) in [6.07, 6.45) is 1.57. The van der Waals surface area contributed by atoms with E-state index in [2.05, 4.69) is 9.97 Å². The number of ether oxygens (including phenoxy) is 3. The Morgan fingerprint density at radius 1 is 1.07 bits per heavy atom. The van der Waals surface area contributed by atoms with Gasteiger partial charge in [0.25, 0.3) is 0 Å². The molecule has 0 unspecified atom stereocenters. The lowest BCUT2D eigenvalue weighted by molar-refractivity contribution is 0.102. The number of hydrogen-bond donors (Lipinski definition) is 1. The lowest BCUT2D eigenvalue weighted by Crippen LogP contribution is -1.95. The van der Waals surface area contributed by atoms with Crippen molar-refractivity contribution in [3.63, 3.8) is 0 Å². The minimum Gasteiger partial charge on any atom is -0.493 e. The first-order valence-electron chi connectivity index (χ1n) is 8.35. The van der Waals surface area contributed by atoms with Crippen LogP contribution in [-0.4, -0.2) is 40.7 Å². The Morgan fingerprint density at radius 3 is 2.52 bits per heavy atom. The average molecular weight is 419 g/mol. The Hall–Kier alpha value is -3.24. The zero-order valence-corrected chi connectivity index (χ0v) is 16.2. The van der Waals surface area contributed by atoms with Gasteiger partial charge in [-0.05, 0) is 18.2 Å². The lowest BCUT2D eigenvalue weighted by Gasteiger charge is -2.07. The molecule has 0 spiro atoms. The van der Waals surface area contributed by atoms with Crippen LogP contribution in [0.25, 0.3) is 27.4 Å². The molecular formula is C19H15F2N3O4S. The standard InChI is InChI=1S/C19H15F2N3O4S/c1-26-15-6-13-14(7-16(15)27-2)24(8-22-13)19-23-17(18(29-19)28-9-25)10-3-4-11(20)12(21)5-10/h3-8,25H,9H2,1-2H3. The average Bonchev–Trinajstić information content (AvgIpc) is 3.32. The van der Waals surface area contributed by atoms with Crippen molar-refractivity contribution in [3.05, 3.63) is 48.3 Å². The molecule has 2 aromatic heterocycles. The van der Waals surface area contributed by atoms with E-state index in [1.807, 2.05) is 0 Å². The molecule has 10 heteroatoms. The van der Waals surface area contributed by atoms with Crippen LogP contribution in [0, 0.1) is 11.6 Å². The van der Waals surface area contributed by atoms with E-state index in [4.69, 9.17) is 14.2 Å². The molecule has 0 bridgehead atoms. The number of aliphatic hydroxyl groups excluding tert-OH is 1. The van der Waals surface area contributed by atoms with E-state index in [1.54, 1.807) is 23.0 Å². The molecule has 0 atom stereocenters. The minimum atomic E-state index is -1.00. The number of methoxy groups -OCH3 is 2. The molecule has 0 aliphatic rings. The predicted molar refractivity (Wildman–Crippen MR) is 103 cm³/mol. The summed E-state index contributed by atoms with van der Waals surface area (Å²) >= 11 is 1.13. The van der Waals surface area contributed by atoms with Crippen LogP contribution < -0.4 is 14.2 Å². The highest BCUT2D eigenvalue weighted by Crippen LogP contribution is 2.39. The fourth-order valence-corrected chi connectivity index (χ4v) is 3.79. The summed E-state index contributed by atoms with van der Waals surface area (Å²) in [6.45, 7) is -0.589. The van der Waals surface area contributed by atoms with Crippen LogP contribution in [0.3, 0.4) is 0 Å². The third-order valence-corrected chi connectivity index (χ3v) is 5.20. The molecule has 150 valence electrons. The zero-order valence-electron chi connectivity index (χ0n) is 15.3. The number of benzene rings is 2. The number of aliphatic hydroxyl groups is 1. The zero-order chi connectivity index (χ0) is 20.5. The first kappa shape index (κ1) is 19.1. The van der Waals surface area contributed by atoms with E-state index in [9.17, 15) is 13.9 Å². The highest BCUT2D eigenvalue weighted by atomic mass is 32.1. The quantitative estimate of drug-likeness (QED) is 0.480. The van der Waals surface area contributed by atoms with Crippen LogP contribution in [0.1, 0.15) is 0 Å². The molecule has 2 aromatic carbocycles. The Balaban J connectivity index is 1.86. The molecular weight excluding hydrogens is 404 g/mol. The Morgan fingerprint density at radius 2 is 1.83 bits per heavy atom. The normalized spacial score (nSPS) is 11.1. The third kappa shape index (κ3) is 3.36. The summed E-state index contributed by atoms with van der Waals surface area (Å²) in [5, 5.41) is 9.92. The summed E-state index contributed by atoms with van der Waals surface area (Å²) in [6, 6.07) is 6.92. The third-order valence-electron chi connectivity index (χ3n) is 4.23.